The van der Waals surface area contributed by atoms with Gasteiger partial charge in [-0.2, -0.15) is 0 Å². The molecule has 1 aromatic carbocycles. The van der Waals surface area contributed by atoms with Gasteiger partial charge in [0.15, 0.2) is 0 Å². The number of rotatable bonds is 8. The molecule has 5 heteroatoms. The van der Waals surface area contributed by atoms with E-state index in [-0.39, 0.29) is 5.91 Å². The lowest BCUT2D eigenvalue weighted by Gasteiger charge is -2.23. The maximum atomic E-state index is 11.9. The van der Waals surface area contributed by atoms with Gasteiger partial charge in [-0.1, -0.05) is 24.6 Å². The van der Waals surface area contributed by atoms with Crippen molar-refractivity contribution in [1.29, 1.82) is 0 Å². The second-order valence-electron chi connectivity index (χ2n) is 5.42. The zero-order chi connectivity index (χ0) is 15.8. The Morgan fingerprint density at radius 2 is 2.14 bits per heavy atom. The number of likely N-dealkylation sites (N-methyl/N-ethyl adjacent to an activating group) is 1. The molecule has 0 bridgehead atoms. The number of benzene rings is 1. The van der Waals surface area contributed by atoms with Crippen LogP contribution in [-0.4, -0.2) is 43.5 Å². The summed E-state index contributed by atoms with van der Waals surface area (Å²) in [6.45, 7) is 8.35. The van der Waals surface area contributed by atoms with Crippen molar-refractivity contribution >= 4 is 23.2 Å². The van der Waals surface area contributed by atoms with E-state index < -0.39 is 0 Å². The highest BCUT2D eigenvalue weighted by Crippen LogP contribution is 2.19. The Balaban J connectivity index is 2.30. The number of hydrogen-bond acceptors (Lipinski definition) is 3. The van der Waals surface area contributed by atoms with Crippen LogP contribution in [0, 0.1) is 6.92 Å². The Bertz CT molecular complexity index is 465. The second-order valence-corrected chi connectivity index (χ2v) is 5.86. The van der Waals surface area contributed by atoms with Gasteiger partial charge >= 0.3 is 0 Å². The smallest absolute Gasteiger partial charge is 0.238 e. The number of amides is 1. The Morgan fingerprint density at radius 1 is 1.43 bits per heavy atom. The highest BCUT2D eigenvalue weighted by molar-refractivity contribution is 6.31. The van der Waals surface area contributed by atoms with Crippen molar-refractivity contribution in [3.8, 4) is 0 Å². The summed E-state index contributed by atoms with van der Waals surface area (Å²) >= 11 is 5.93. The summed E-state index contributed by atoms with van der Waals surface area (Å²) in [6.07, 6.45) is 1.13. The van der Waals surface area contributed by atoms with Gasteiger partial charge in [0.05, 0.1) is 6.54 Å². The molecule has 21 heavy (non-hydrogen) atoms. The van der Waals surface area contributed by atoms with Crippen molar-refractivity contribution < 1.29 is 4.79 Å². The fraction of sp³-hybridized carbons (Fsp3) is 0.562. The molecule has 1 aromatic rings. The number of aryl methyl sites for hydroxylation is 1. The van der Waals surface area contributed by atoms with Crippen molar-refractivity contribution in [2.24, 2.45) is 0 Å². The van der Waals surface area contributed by atoms with Gasteiger partial charge in [-0.25, -0.2) is 0 Å². The van der Waals surface area contributed by atoms with E-state index in [0.29, 0.717) is 17.6 Å². The molecule has 0 spiro atoms. The molecule has 0 aromatic heterocycles. The summed E-state index contributed by atoms with van der Waals surface area (Å²) in [5.41, 5.74) is 1.77. The first kappa shape index (κ1) is 18.0. The molecular formula is C16H26ClN3O. The fourth-order valence-corrected chi connectivity index (χ4v) is 2.08. The molecule has 0 aliphatic rings. The predicted octanol–water partition coefficient (Wildman–Crippen LogP) is 2.91. The second kappa shape index (κ2) is 9.03. The van der Waals surface area contributed by atoms with Crippen LogP contribution >= 0.6 is 11.6 Å². The molecule has 1 amide bonds. The number of nitrogens with one attached hydrogen (secondary N) is 2. The van der Waals surface area contributed by atoms with Crippen molar-refractivity contribution in [3.05, 3.63) is 28.8 Å². The summed E-state index contributed by atoms with van der Waals surface area (Å²) in [6, 6.07) is 6.04. The number of halogens is 1. The molecule has 0 radical (unpaired) electrons. The van der Waals surface area contributed by atoms with E-state index in [1.807, 2.05) is 19.1 Å². The maximum Gasteiger partial charge on any atom is 0.238 e. The molecule has 0 fully saturated rings. The number of carbonyl (C=O) groups excluding carboxylic acids is 1. The molecule has 4 nitrogen and oxygen atoms in total. The molecule has 118 valence electrons. The van der Waals surface area contributed by atoms with Crippen LogP contribution in [0.15, 0.2) is 18.2 Å². The fourth-order valence-electron chi connectivity index (χ4n) is 1.91. The molecule has 0 saturated carbocycles. The highest BCUT2D eigenvalue weighted by Gasteiger charge is 2.07. The third-order valence-corrected chi connectivity index (χ3v) is 3.98. The van der Waals surface area contributed by atoms with Crippen LogP contribution in [0.4, 0.5) is 5.69 Å². The van der Waals surface area contributed by atoms with Crippen LogP contribution in [0.2, 0.25) is 5.02 Å². The lowest BCUT2D eigenvalue weighted by Crippen LogP contribution is -2.37. The van der Waals surface area contributed by atoms with Crippen LogP contribution < -0.4 is 10.6 Å². The van der Waals surface area contributed by atoms with Gasteiger partial charge in [-0.05, 0) is 45.0 Å². The number of nitrogens with zero attached hydrogens (tertiary/aromatic N) is 1. The summed E-state index contributed by atoms with van der Waals surface area (Å²) in [4.78, 5) is 14.2. The van der Waals surface area contributed by atoms with Crippen molar-refractivity contribution in [2.75, 3.05) is 32.0 Å². The first-order valence-corrected chi connectivity index (χ1v) is 7.78. The first-order valence-electron chi connectivity index (χ1n) is 7.41. The molecule has 1 rings (SSSR count). The Morgan fingerprint density at radius 3 is 2.81 bits per heavy atom. The minimum atomic E-state index is -0.0495. The molecule has 1 atom stereocenters. The van der Waals surface area contributed by atoms with Gasteiger partial charge in [0.1, 0.15) is 0 Å². The van der Waals surface area contributed by atoms with Crippen molar-refractivity contribution in [1.82, 2.24) is 10.2 Å². The quantitative estimate of drug-likeness (QED) is 0.726. The minimum Gasteiger partial charge on any atom is -0.325 e. The lowest BCUT2D eigenvalue weighted by atomic mass is 10.2. The van der Waals surface area contributed by atoms with E-state index in [1.165, 1.54) is 0 Å². The van der Waals surface area contributed by atoms with Gasteiger partial charge < -0.3 is 15.5 Å². The third kappa shape index (κ3) is 6.46. The number of hydrogen-bond donors (Lipinski definition) is 2. The summed E-state index contributed by atoms with van der Waals surface area (Å²) in [5.74, 6) is -0.0495. The third-order valence-electron chi connectivity index (χ3n) is 3.74. The number of carbonyl (C=O) groups is 1. The first-order chi connectivity index (χ1) is 9.93. The van der Waals surface area contributed by atoms with E-state index in [2.05, 4.69) is 36.4 Å². The van der Waals surface area contributed by atoms with Crippen LogP contribution in [0.25, 0.3) is 0 Å². The van der Waals surface area contributed by atoms with Gasteiger partial charge in [0.2, 0.25) is 5.91 Å². The Hall–Kier alpha value is -1.10. The molecule has 1 unspecified atom stereocenters. The zero-order valence-electron chi connectivity index (χ0n) is 13.4. The maximum absolute atomic E-state index is 11.9. The topological polar surface area (TPSA) is 44.4 Å². The molecule has 0 aliphatic heterocycles. The molecule has 0 heterocycles. The van der Waals surface area contributed by atoms with Crippen LogP contribution in [0.1, 0.15) is 25.8 Å². The average Bonchev–Trinajstić information content (AvgIpc) is 2.46. The van der Waals surface area contributed by atoms with E-state index in [9.17, 15) is 4.79 Å². The zero-order valence-corrected chi connectivity index (χ0v) is 14.1. The molecule has 0 aliphatic carbocycles. The van der Waals surface area contributed by atoms with Crippen molar-refractivity contribution in [2.45, 2.75) is 33.2 Å². The average molecular weight is 312 g/mol. The largest absolute Gasteiger partial charge is 0.325 e. The van der Waals surface area contributed by atoms with Crippen LogP contribution in [0.3, 0.4) is 0 Å². The predicted molar refractivity (Wildman–Crippen MR) is 90.1 cm³/mol. The van der Waals surface area contributed by atoms with Gasteiger partial charge in [0.25, 0.3) is 0 Å². The van der Waals surface area contributed by atoms with Crippen LogP contribution in [0.5, 0.6) is 0 Å². The summed E-state index contributed by atoms with van der Waals surface area (Å²) in [7, 11) is 2.10. The number of anilines is 1. The van der Waals surface area contributed by atoms with Crippen molar-refractivity contribution in [3.63, 3.8) is 0 Å². The SMILES string of the molecule is CCC(C)N(C)CCNCC(=O)Nc1cc(Cl)ccc1C. The molecule has 2 N–H and O–H groups in total. The lowest BCUT2D eigenvalue weighted by molar-refractivity contribution is -0.115. The van der Waals surface area contributed by atoms with Gasteiger partial charge in [0, 0.05) is 29.8 Å². The summed E-state index contributed by atoms with van der Waals surface area (Å²) in [5, 5.41) is 6.66. The van der Waals surface area contributed by atoms with E-state index in [4.69, 9.17) is 11.6 Å². The van der Waals surface area contributed by atoms with E-state index >= 15 is 0 Å². The Kier molecular flexibility index (Phi) is 7.72. The minimum absolute atomic E-state index is 0.0495. The standard InChI is InChI=1S/C16H26ClN3O/c1-5-13(3)20(4)9-8-18-11-16(21)19-15-10-14(17)7-6-12(15)2/h6-7,10,13,18H,5,8-9,11H2,1-4H3,(H,19,21). The Labute approximate surface area is 132 Å². The van der Waals surface area contributed by atoms with Gasteiger partial charge in [-0.15, -0.1) is 0 Å². The van der Waals surface area contributed by atoms with Gasteiger partial charge in [-0.3, -0.25) is 4.79 Å². The monoisotopic (exact) mass is 311 g/mol. The molecular weight excluding hydrogens is 286 g/mol. The molecule has 0 saturated heterocycles. The van der Waals surface area contributed by atoms with E-state index in [0.717, 1.165) is 30.8 Å². The van der Waals surface area contributed by atoms with E-state index in [1.54, 1.807) is 6.07 Å². The summed E-state index contributed by atoms with van der Waals surface area (Å²) < 4.78 is 0. The highest BCUT2D eigenvalue weighted by atomic mass is 35.5. The van der Waals surface area contributed by atoms with Crippen LogP contribution in [-0.2, 0) is 4.79 Å². The normalized spacial score (nSPS) is 12.5.